The normalized spacial score (nSPS) is 13.3. The molecular formula is C24H34N4O3. The van der Waals surface area contributed by atoms with Gasteiger partial charge in [-0.3, -0.25) is 4.79 Å². The van der Waals surface area contributed by atoms with E-state index in [-0.39, 0.29) is 18.4 Å². The van der Waals surface area contributed by atoms with Crippen molar-refractivity contribution >= 4 is 11.5 Å². The number of aromatic amines is 1. The van der Waals surface area contributed by atoms with E-state index in [1.807, 2.05) is 25.1 Å². The molecule has 1 unspecified atom stereocenters. The Morgan fingerprint density at radius 1 is 1.19 bits per heavy atom. The van der Waals surface area contributed by atoms with E-state index in [0.29, 0.717) is 41.5 Å². The van der Waals surface area contributed by atoms with Crippen LogP contribution in [0.5, 0.6) is 11.5 Å². The molecule has 7 nitrogen and oxygen atoms in total. The van der Waals surface area contributed by atoms with Crippen LogP contribution in [0.1, 0.15) is 82.7 Å². The predicted octanol–water partition coefficient (Wildman–Crippen LogP) is 5.03. The minimum Gasteiger partial charge on any atom is -0.454 e. The number of nitrogens with zero attached hydrogens (tertiary/aromatic N) is 1. The van der Waals surface area contributed by atoms with E-state index in [1.165, 1.54) is 19.3 Å². The molecule has 7 heteroatoms. The third-order valence-electron chi connectivity index (χ3n) is 5.67. The van der Waals surface area contributed by atoms with Gasteiger partial charge in [-0.15, -0.1) is 0 Å². The van der Waals surface area contributed by atoms with Gasteiger partial charge >= 0.3 is 0 Å². The molecule has 1 aliphatic rings. The number of hydrogen-bond donors (Lipinski definition) is 3. The van der Waals surface area contributed by atoms with Gasteiger partial charge < -0.3 is 25.2 Å². The van der Waals surface area contributed by atoms with E-state index in [4.69, 9.17) is 19.9 Å². The molecule has 0 saturated heterocycles. The number of anilines is 1. The van der Waals surface area contributed by atoms with Gasteiger partial charge in [-0.05, 0) is 37.0 Å². The molecular weight excluding hydrogens is 392 g/mol. The summed E-state index contributed by atoms with van der Waals surface area (Å²) in [5, 5.41) is 11.8. The summed E-state index contributed by atoms with van der Waals surface area (Å²) in [5.74, 6) is 2.53. The Balaban J connectivity index is 1.84. The predicted molar refractivity (Wildman–Crippen MR) is 124 cm³/mol. The molecule has 0 amide bonds. The number of unbranched alkanes of at least 4 members (excludes halogenated alkanes) is 3. The smallest absolute Gasteiger partial charge is 0.262 e. The number of fused-ring (bicyclic) bond motifs is 1. The number of rotatable bonds is 12. The molecule has 1 atom stereocenters. The van der Waals surface area contributed by atoms with Crippen LogP contribution in [0.15, 0.2) is 23.0 Å². The molecule has 2 aromatic rings. The van der Waals surface area contributed by atoms with Gasteiger partial charge in [0.15, 0.2) is 11.5 Å². The summed E-state index contributed by atoms with van der Waals surface area (Å²) < 4.78 is 10.8. The van der Waals surface area contributed by atoms with Crippen LogP contribution in [0.2, 0.25) is 0 Å². The first-order chi connectivity index (χ1) is 15.0. The highest BCUT2D eigenvalue weighted by atomic mass is 16.7. The van der Waals surface area contributed by atoms with Crippen molar-refractivity contribution in [2.24, 2.45) is 0 Å². The summed E-state index contributed by atoms with van der Waals surface area (Å²) in [6.45, 7) is 6.46. The van der Waals surface area contributed by atoms with Crippen LogP contribution in [0, 0.1) is 5.41 Å². The van der Waals surface area contributed by atoms with Gasteiger partial charge in [-0.1, -0.05) is 52.5 Å². The first-order valence-corrected chi connectivity index (χ1v) is 11.4. The van der Waals surface area contributed by atoms with E-state index < -0.39 is 0 Å². The minimum atomic E-state index is -0.263. The van der Waals surface area contributed by atoms with E-state index in [1.54, 1.807) is 0 Å². The van der Waals surface area contributed by atoms with Gasteiger partial charge in [0.25, 0.3) is 5.56 Å². The molecule has 0 radical (unpaired) electrons. The highest BCUT2D eigenvalue weighted by Gasteiger charge is 2.19. The summed E-state index contributed by atoms with van der Waals surface area (Å²) in [6, 6.07) is 5.97. The van der Waals surface area contributed by atoms with Gasteiger partial charge in [-0.2, -0.15) is 0 Å². The first kappa shape index (κ1) is 22.8. The van der Waals surface area contributed by atoms with Gasteiger partial charge in [0.2, 0.25) is 6.79 Å². The topological polar surface area (TPSA) is 100 Å². The highest BCUT2D eigenvalue weighted by Crippen LogP contribution is 2.33. The van der Waals surface area contributed by atoms with Gasteiger partial charge in [0.1, 0.15) is 17.2 Å². The second-order valence-corrected chi connectivity index (χ2v) is 8.03. The summed E-state index contributed by atoms with van der Waals surface area (Å²) in [5.41, 5.74) is 1.36. The number of hydrogen-bond acceptors (Lipinski definition) is 6. The van der Waals surface area contributed by atoms with Crippen LogP contribution >= 0.6 is 0 Å². The standard InChI is InChI=1S/C24H34N4O3/c1-4-7-8-9-10-17(5-2)26-23-22(18(25)6-3)24(29)28-21(27-23)14-16-11-12-19-20(13-16)31-15-30-19/h11-13,17,25H,4-10,14-15H2,1-3H3,(H2,26,27,28,29). The fourth-order valence-electron chi connectivity index (χ4n) is 3.80. The van der Waals surface area contributed by atoms with Crippen molar-refractivity contribution in [3.63, 3.8) is 0 Å². The molecule has 0 saturated carbocycles. The number of H-pyrrole nitrogens is 1. The fraction of sp³-hybridized carbons (Fsp3) is 0.542. The lowest BCUT2D eigenvalue weighted by Gasteiger charge is -2.20. The lowest BCUT2D eigenvalue weighted by Crippen LogP contribution is -2.28. The third-order valence-corrected chi connectivity index (χ3v) is 5.67. The zero-order chi connectivity index (χ0) is 22.2. The van der Waals surface area contributed by atoms with Crippen molar-refractivity contribution in [3.8, 4) is 11.5 Å². The summed E-state index contributed by atoms with van der Waals surface area (Å²) >= 11 is 0. The fourth-order valence-corrected chi connectivity index (χ4v) is 3.80. The molecule has 1 aromatic carbocycles. The monoisotopic (exact) mass is 426 g/mol. The molecule has 0 fully saturated rings. The highest BCUT2D eigenvalue weighted by molar-refractivity contribution is 6.01. The van der Waals surface area contributed by atoms with E-state index in [2.05, 4.69) is 24.1 Å². The Kier molecular flexibility index (Phi) is 8.09. The maximum absolute atomic E-state index is 12.9. The third kappa shape index (κ3) is 5.87. The molecule has 168 valence electrons. The van der Waals surface area contributed by atoms with Gasteiger partial charge in [0, 0.05) is 18.2 Å². The minimum absolute atomic E-state index is 0.229. The second-order valence-electron chi connectivity index (χ2n) is 8.03. The van der Waals surface area contributed by atoms with Crippen molar-refractivity contribution in [2.75, 3.05) is 12.1 Å². The van der Waals surface area contributed by atoms with Crippen molar-refractivity contribution in [3.05, 3.63) is 45.5 Å². The van der Waals surface area contributed by atoms with Crippen LogP contribution in [0.25, 0.3) is 0 Å². The number of aromatic nitrogens is 2. The quantitative estimate of drug-likeness (QED) is 0.326. The van der Waals surface area contributed by atoms with Crippen LogP contribution in [-0.2, 0) is 6.42 Å². The van der Waals surface area contributed by atoms with E-state index >= 15 is 0 Å². The van der Waals surface area contributed by atoms with Crippen LogP contribution < -0.4 is 20.3 Å². The Hall–Kier alpha value is -2.83. The maximum atomic E-state index is 12.9. The Bertz CT molecular complexity index is 954. The number of ether oxygens (including phenoxy) is 2. The molecule has 0 bridgehead atoms. The largest absolute Gasteiger partial charge is 0.454 e. The van der Waals surface area contributed by atoms with Crippen LogP contribution in [0.4, 0.5) is 5.82 Å². The Morgan fingerprint density at radius 2 is 2.00 bits per heavy atom. The summed E-state index contributed by atoms with van der Waals surface area (Å²) in [4.78, 5) is 20.5. The van der Waals surface area contributed by atoms with Crippen molar-refractivity contribution in [1.82, 2.24) is 9.97 Å². The zero-order valence-corrected chi connectivity index (χ0v) is 18.8. The average Bonchev–Trinajstić information content (AvgIpc) is 3.23. The molecule has 31 heavy (non-hydrogen) atoms. The molecule has 1 aliphatic heterocycles. The maximum Gasteiger partial charge on any atom is 0.262 e. The molecule has 0 spiro atoms. The van der Waals surface area contributed by atoms with Gasteiger partial charge in [-0.25, -0.2) is 4.98 Å². The molecule has 3 rings (SSSR count). The molecule has 0 aliphatic carbocycles. The number of benzene rings is 1. The van der Waals surface area contributed by atoms with E-state index in [0.717, 1.165) is 30.6 Å². The van der Waals surface area contributed by atoms with Crippen molar-refractivity contribution in [2.45, 2.75) is 78.2 Å². The number of nitrogens with one attached hydrogen (secondary N) is 3. The molecule has 2 heterocycles. The average molecular weight is 427 g/mol. The van der Waals surface area contributed by atoms with Gasteiger partial charge in [0.05, 0.1) is 0 Å². The lowest BCUT2D eigenvalue weighted by molar-refractivity contribution is 0.174. The SMILES string of the molecule is CCCCCCC(CC)Nc1nc(Cc2ccc3c(c2)OCO3)[nH]c(=O)c1C(=N)CC. The van der Waals surface area contributed by atoms with Crippen LogP contribution in [0.3, 0.4) is 0 Å². The Morgan fingerprint density at radius 3 is 2.74 bits per heavy atom. The summed E-state index contributed by atoms with van der Waals surface area (Å²) in [7, 11) is 0. The van der Waals surface area contributed by atoms with Crippen molar-refractivity contribution < 1.29 is 9.47 Å². The second kappa shape index (κ2) is 11.0. The first-order valence-electron chi connectivity index (χ1n) is 11.4. The van der Waals surface area contributed by atoms with E-state index in [9.17, 15) is 4.79 Å². The van der Waals surface area contributed by atoms with Crippen LogP contribution in [-0.4, -0.2) is 28.5 Å². The lowest BCUT2D eigenvalue weighted by atomic mass is 10.0. The summed E-state index contributed by atoms with van der Waals surface area (Å²) in [6.07, 6.45) is 7.73. The molecule has 1 aromatic heterocycles. The Labute approximate surface area is 184 Å². The molecule has 3 N–H and O–H groups in total. The van der Waals surface area contributed by atoms with Crippen molar-refractivity contribution in [1.29, 1.82) is 5.41 Å². The zero-order valence-electron chi connectivity index (χ0n) is 18.8.